The van der Waals surface area contributed by atoms with Crippen LogP contribution in [0.25, 0.3) is 54.7 Å². The maximum absolute atomic E-state index is 2.37. The summed E-state index contributed by atoms with van der Waals surface area (Å²) in [6.07, 6.45) is 0. The first-order valence-corrected chi connectivity index (χ1v) is 19.3. The Morgan fingerprint density at radius 1 is 0.304 bits per heavy atom. The van der Waals surface area contributed by atoms with Crippen LogP contribution < -0.4 is 9.80 Å². The molecule has 0 aliphatic carbocycles. The van der Waals surface area contributed by atoms with Crippen molar-refractivity contribution in [3.05, 3.63) is 193 Å². The summed E-state index contributed by atoms with van der Waals surface area (Å²) in [7, 11) is 4.36. The molecule has 0 spiro atoms. The number of aromatic nitrogens is 2. The molecule has 0 aliphatic heterocycles. The summed E-state index contributed by atoms with van der Waals surface area (Å²) in [4.78, 5) is 4.68. The van der Waals surface area contributed by atoms with E-state index in [1.165, 1.54) is 65.9 Å². The highest BCUT2D eigenvalue weighted by Gasteiger charge is 2.18. The summed E-state index contributed by atoms with van der Waals surface area (Å²) < 4.78 is 4.66. The molecular formula is C52H42N4. The average Bonchev–Trinajstić information content (AvgIpc) is 3.68. The number of para-hydroxylation sites is 2. The number of hydrogen-bond acceptors (Lipinski definition) is 2. The summed E-state index contributed by atoms with van der Waals surface area (Å²) in [5, 5.41) is 5.02. The largest absolute Gasteiger partial charge is 0.344 e. The Morgan fingerprint density at radius 2 is 0.661 bits per heavy atom. The standard InChI is InChI=1S/C52H42N4/c1-35-15-21-41(22-16-35)55(39-11-7-5-8-12-39)43-25-27-45-47-31-37(19-29-49(47)53(3)51(45)33-43)38-20-30-50-48(32-38)46-28-26-44(34-52(46)54(50)4)56(40-13-9-6-10-14-40)42-23-17-36(2)18-24-42/h5-34H,1-4H3. The van der Waals surface area contributed by atoms with Crippen molar-refractivity contribution in [2.75, 3.05) is 9.80 Å². The smallest absolute Gasteiger partial charge is 0.0509 e. The quantitative estimate of drug-likeness (QED) is 0.163. The maximum atomic E-state index is 2.37. The molecule has 0 radical (unpaired) electrons. The predicted octanol–water partition coefficient (Wildman–Crippen LogP) is 14.2. The van der Waals surface area contributed by atoms with Crippen LogP contribution in [0.3, 0.4) is 0 Å². The van der Waals surface area contributed by atoms with Crippen LogP contribution in [-0.4, -0.2) is 9.13 Å². The minimum absolute atomic E-state index is 1.13. The lowest BCUT2D eigenvalue weighted by Gasteiger charge is -2.25. The molecule has 0 N–H and O–H groups in total. The van der Waals surface area contributed by atoms with Gasteiger partial charge in [0, 0.05) is 80.8 Å². The van der Waals surface area contributed by atoms with Crippen molar-refractivity contribution in [3.8, 4) is 11.1 Å². The zero-order valence-electron chi connectivity index (χ0n) is 32.1. The normalized spacial score (nSPS) is 11.6. The van der Waals surface area contributed by atoms with Crippen molar-refractivity contribution in [1.29, 1.82) is 0 Å². The van der Waals surface area contributed by atoms with Gasteiger partial charge in [0.1, 0.15) is 0 Å². The van der Waals surface area contributed by atoms with Gasteiger partial charge in [-0.15, -0.1) is 0 Å². The zero-order valence-corrected chi connectivity index (χ0v) is 32.1. The van der Waals surface area contributed by atoms with E-state index in [0.717, 1.165) is 34.1 Å². The second-order valence-corrected chi connectivity index (χ2v) is 15.0. The number of rotatable bonds is 7. The number of nitrogens with zero attached hydrogens (tertiary/aromatic N) is 4. The number of anilines is 6. The van der Waals surface area contributed by atoms with Crippen molar-refractivity contribution < 1.29 is 0 Å². The number of fused-ring (bicyclic) bond motifs is 6. The minimum atomic E-state index is 1.13. The van der Waals surface area contributed by atoms with Gasteiger partial charge in [0.15, 0.2) is 0 Å². The van der Waals surface area contributed by atoms with Crippen LogP contribution in [0.1, 0.15) is 11.1 Å². The number of aryl methyl sites for hydroxylation is 4. The van der Waals surface area contributed by atoms with Gasteiger partial charge in [-0.25, -0.2) is 0 Å². The van der Waals surface area contributed by atoms with Crippen LogP contribution in [0, 0.1) is 13.8 Å². The molecule has 0 fully saturated rings. The molecule has 2 heterocycles. The molecule has 0 saturated heterocycles. The summed E-state index contributed by atoms with van der Waals surface area (Å²) >= 11 is 0. The molecule has 0 bridgehead atoms. The first-order chi connectivity index (χ1) is 27.4. The molecular weight excluding hydrogens is 681 g/mol. The number of benzene rings is 8. The Morgan fingerprint density at radius 3 is 1.05 bits per heavy atom. The Balaban J connectivity index is 1.05. The second kappa shape index (κ2) is 13.4. The van der Waals surface area contributed by atoms with E-state index in [1.807, 2.05) is 0 Å². The zero-order chi connectivity index (χ0) is 37.9. The lowest BCUT2D eigenvalue weighted by Crippen LogP contribution is -2.09. The minimum Gasteiger partial charge on any atom is -0.344 e. The SMILES string of the molecule is Cc1ccc(N(c2ccccc2)c2ccc3c4cc(-c5ccc6c(c5)c5ccc(N(c7ccccc7)c7ccc(C)cc7)cc5n6C)ccc4n(C)c3c2)cc1. The second-order valence-electron chi connectivity index (χ2n) is 15.0. The molecule has 10 aromatic rings. The third kappa shape index (κ3) is 5.61. The van der Waals surface area contributed by atoms with E-state index in [9.17, 15) is 0 Å². The molecule has 8 aromatic carbocycles. The van der Waals surface area contributed by atoms with E-state index in [0.29, 0.717) is 0 Å². The Kier molecular flexibility index (Phi) is 8.00. The Bertz CT molecular complexity index is 2830. The fourth-order valence-electron chi connectivity index (χ4n) is 8.47. The summed E-state index contributed by atoms with van der Waals surface area (Å²) in [6, 6.07) is 66.4. The van der Waals surface area contributed by atoms with Crippen molar-refractivity contribution in [2.45, 2.75) is 13.8 Å². The number of hydrogen-bond donors (Lipinski definition) is 0. The van der Waals surface area contributed by atoms with Gasteiger partial charge in [0.2, 0.25) is 0 Å². The van der Waals surface area contributed by atoms with E-state index in [4.69, 9.17) is 0 Å². The van der Waals surface area contributed by atoms with Crippen LogP contribution in [0.2, 0.25) is 0 Å². The molecule has 56 heavy (non-hydrogen) atoms. The first-order valence-electron chi connectivity index (χ1n) is 19.3. The van der Waals surface area contributed by atoms with E-state index < -0.39 is 0 Å². The fourth-order valence-corrected chi connectivity index (χ4v) is 8.47. The van der Waals surface area contributed by atoms with Gasteiger partial charge in [-0.05, 0) is 122 Å². The van der Waals surface area contributed by atoms with Gasteiger partial charge in [-0.1, -0.05) is 96.1 Å². The molecule has 4 heteroatoms. The third-order valence-corrected chi connectivity index (χ3v) is 11.4. The molecule has 10 rings (SSSR count). The van der Waals surface area contributed by atoms with Crippen molar-refractivity contribution >= 4 is 77.7 Å². The van der Waals surface area contributed by atoms with Gasteiger partial charge in [-0.3, -0.25) is 0 Å². The first kappa shape index (κ1) is 33.5. The summed E-state index contributed by atoms with van der Waals surface area (Å²) in [5.41, 5.74) is 16.6. The van der Waals surface area contributed by atoms with Gasteiger partial charge < -0.3 is 18.9 Å². The van der Waals surface area contributed by atoms with Crippen molar-refractivity contribution in [1.82, 2.24) is 9.13 Å². The Labute approximate surface area is 327 Å². The Hall–Kier alpha value is -7.04. The van der Waals surface area contributed by atoms with Crippen LogP contribution in [-0.2, 0) is 14.1 Å². The van der Waals surface area contributed by atoms with E-state index in [1.54, 1.807) is 0 Å². The van der Waals surface area contributed by atoms with Crippen LogP contribution in [0.4, 0.5) is 34.1 Å². The van der Waals surface area contributed by atoms with Crippen LogP contribution in [0.5, 0.6) is 0 Å². The third-order valence-electron chi connectivity index (χ3n) is 11.4. The van der Waals surface area contributed by atoms with Gasteiger partial charge >= 0.3 is 0 Å². The van der Waals surface area contributed by atoms with Gasteiger partial charge in [0.25, 0.3) is 0 Å². The highest BCUT2D eigenvalue weighted by atomic mass is 15.1. The monoisotopic (exact) mass is 722 g/mol. The molecule has 0 saturated carbocycles. The van der Waals surface area contributed by atoms with Gasteiger partial charge in [-0.2, -0.15) is 0 Å². The molecule has 4 nitrogen and oxygen atoms in total. The molecule has 0 amide bonds. The average molecular weight is 723 g/mol. The topological polar surface area (TPSA) is 16.3 Å². The van der Waals surface area contributed by atoms with Gasteiger partial charge in [0.05, 0.1) is 11.0 Å². The van der Waals surface area contributed by atoms with E-state index in [-0.39, 0.29) is 0 Å². The van der Waals surface area contributed by atoms with E-state index >= 15 is 0 Å². The molecule has 2 aromatic heterocycles. The van der Waals surface area contributed by atoms with Crippen molar-refractivity contribution in [2.24, 2.45) is 14.1 Å². The summed E-state index contributed by atoms with van der Waals surface area (Å²) in [6.45, 7) is 4.27. The highest BCUT2D eigenvalue weighted by molar-refractivity contribution is 6.12. The molecule has 0 unspecified atom stereocenters. The lowest BCUT2D eigenvalue weighted by molar-refractivity contribution is 1.01. The van der Waals surface area contributed by atoms with Crippen LogP contribution in [0.15, 0.2) is 182 Å². The van der Waals surface area contributed by atoms with Crippen molar-refractivity contribution in [3.63, 3.8) is 0 Å². The molecule has 0 aliphatic rings. The lowest BCUT2D eigenvalue weighted by atomic mass is 10.0. The van der Waals surface area contributed by atoms with Crippen LogP contribution >= 0.6 is 0 Å². The van der Waals surface area contributed by atoms with E-state index in [2.05, 4.69) is 229 Å². The summed E-state index contributed by atoms with van der Waals surface area (Å²) in [5.74, 6) is 0. The molecule has 0 atom stereocenters. The highest BCUT2D eigenvalue weighted by Crippen LogP contribution is 2.41. The predicted molar refractivity (Wildman–Crippen MR) is 239 cm³/mol. The fraction of sp³-hybridized carbons (Fsp3) is 0.0769. The maximum Gasteiger partial charge on any atom is 0.0509 e. The molecule has 270 valence electrons.